The molecule has 1 aromatic carbocycles. The average molecular weight is 301 g/mol. The number of nitrogens with zero attached hydrogens (tertiary/aromatic N) is 2. The van der Waals surface area contributed by atoms with E-state index in [-0.39, 0.29) is 17.9 Å². The number of benzene rings is 1. The van der Waals surface area contributed by atoms with E-state index in [1.807, 2.05) is 25.1 Å². The summed E-state index contributed by atoms with van der Waals surface area (Å²) < 4.78 is 2.23. The van der Waals surface area contributed by atoms with E-state index in [1.54, 1.807) is 0 Å². The smallest absolute Gasteiger partial charge is 0.223 e. The maximum Gasteiger partial charge on any atom is 0.223 e. The van der Waals surface area contributed by atoms with Gasteiger partial charge in [0.2, 0.25) is 5.91 Å². The Morgan fingerprint density at radius 2 is 1.91 bits per heavy atom. The molecule has 2 rings (SSSR count). The summed E-state index contributed by atoms with van der Waals surface area (Å²) in [4.78, 5) is 17.1. The highest BCUT2D eigenvalue weighted by Crippen LogP contribution is 2.22. The van der Waals surface area contributed by atoms with Gasteiger partial charge in [0.15, 0.2) is 0 Å². The van der Waals surface area contributed by atoms with Gasteiger partial charge in [0, 0.05) is 12.5 Å². The van der Waals surface area contributed by atoms with Crippen molar-refractivity contribution < 1.29 is 4.79 Å². The fraction of sp³-hybridized carbons (Fsp3) is 0.556. The maximum atomic E-state index is 12.3. The molecule has 0 spiro atoms. The third-order valence-electron chi connectivity index (χ3n) is 4.23. The number of hydrogen-bond acceptors (Lipinski definition) is 2. The zero-order chi connectivity index (χ0) is 16.1. The highest BCUT2D eigenvalue weighted by molar-refractivity contribution is 5.79. The molecule has 1 N–H and O–H groups in total. The van der Waals surface area contributed by atoms with Crippen LogP contribution in [0.2, 0.25) is 0 Å². The van der Waals surface area contributed by atoms with Crippen LogP contribution in [0.25, 0.3) is 11.0 Å². The van der Waals surface area contributed by atoms with Gasteiger partial charge in [0.25, 0.3) is 0 Å². The fourth-order valence-electron chi connectivity index (χ4n) is 2.94. The molecule has 0 bridgehead atoms. The zero-order valence-electron chi connectivity index (χ0n) is 14.1. The van der Waals surface area contributed by atoms with E-state index in [0.29, 0.717) is 0 Å². The Hall–Kier alpha value is -1.84. The molecule has 120 valence electrons. The topological polar surface area (TPSA) is 46.9 Å². The van der Waals surface area contributed by atoms with E-state index in [2.05, 4.69) is 36.7 Å². The van der Waals surface area contributed by atoms with E-state index in [4.69, 9.17) is 4.98 Å². The van der Waals surface area contributed by atoms with Crippen molar-refractivity contribution in [2.24, 2.45) is 5.92 Å². The lowest BCUT2D eigenvalue weighted by molar-refractivity contribution is -0.125. The SMILES string of the molecule is CCCn1c(C(C)NC(=O)C(CC)CC)nc2ccccc21. The number of amides is 1. The summed E-state index contributed by atoms with van der Waals surface area (Å²) in [5.74, 6) is 1.17. The Morgan fingerprint density at radius 1 is 1.23 bits per heavy atom. The van der Waals surface area contributed by atoms with Crippen LogP contribution in [0.4, 0.5) is 0 Å². The third-order valence-corrected chi connectivity index (χ3v) is 4.23. The van der Waals surface area contributed by atoms with Crippen molar-refractivity contribution in [2.75, 3.05) is 0 Å². The molecule has 0 saturated carbocycles. The van der Waals surface area contributed by atoms with E-state index < -0.39 is 0 Å². The number of aromatic nitrogens is 2. The lowest BCUT2D eigenvalue weighted by Crippen LogP contribution is -2.33. The molecule has 1 amide bonds. The summed E-state index contributed by atoms with van der Waals surface area (Å²) in [6, 6.07) is 8.08. The maximum absolute atomic E-state index is 12.3. The van der Waals surface area contributed by atoms with Crippen LogP contribution in [-0.4, -0.2) is 15.5 Å². The molecular formula is C18H27N3O. The monoisotopic (exact) mass is 301 g/mol. The molecule has 1 unspecified atom stereocenters. The van der Waals surface area contributed by atoms with Crippen LogP contribution in [0.3, 0.4) is 0 Å². The predicted octanol–water partition coefficient (Wildman–Crippen LogP) is 4.06. The Bertz CT molecular complexity index is 628. The molecule has 0 saturated heterocycles. The Balaban J connectivity index is 2.29. The second kappa shape index (κ2) is 7.43. The second-order valence-corrected chi connectivity index (χ2v) is 5.85. The van der Waals surface area contributed by atoms with Gasteiger partial charge < -0.3 is 9.88 Å². The molecular weight excluding hydrogens is 274 g/mol. The summed E-state index contributed by atoms with van der Waals surface area (Å²) in [5.41, 5.74) is 2.14. The molecule has 4 nitrogen and oxygen atoms in total. The van der Waals surface area contributed by atoms with E-state index in [1.165, 1.54) is 0 Å². The van der Waals surface area contributed by atoms with Crippen LogP contribution in [0.5, 0.6) is 0 Å². The summed E-state index contributed by atoms with van der Waals surface area (Å²) in [6.45, 7) is 9.22. The summed E-state index contributed by atoms with van der Waals surface area (Å²) in [5, 5.41) is 3.14. The highest BCUT2D eigenvalue weighted by Gasteiger charge is 2.21. The van der Waals surface area contributed by atoms with Crippen LogP contribution in [0, 0.1) is 5.92 Å². The largest absolute Gasteiger partial charge is 0.346 e. The van der Waals surface area contributed by atoms with Gasteiger partial charge in [-0.15, -0.1) is 0 Å². The number of nitrogens with one attached hydrogen (secondary N) is 1. The van der Waals surface area contributed by atoms with Gasteiger partial charge in [-0.3, -0.25) is 4.79 Å². The molecule has 1 aromatic heterocycles. The molecule has 4 heteroatoms. The van der Waals surface area contributed by atoms with Gasteiger partial charge in [-0.2, -0.15) is 0 Å². The van der Waals surface area contributed by atoms with Crippen LogP contribution >= 0.6 is 0 Å². The first-order valence-corrected chi connectivity index (χ1v) is 8.37. The van der Waals surface area contributed by atoms with Crippen molar-refractivity contribution in [1.82, 2.24) is 14.9 Å². The van der Waals surface area contributed by atoms with Gasteiger partial charge in [0.05, 0.1) is 17.1 Å². The van der Waals surface area contributed by atoms with Gasteiger partial charge in [-0.05, 0) is 38.3 Å². The number of carbonyl (C=O) groups excluding carboxylic acids is 1. The second-order valence-electron chi connectivity index (χ2n) is 5.85. The minimum atomic E-state index is -0.0768. The standard InChI is InChI=1S/C18H27N3O/c1-5-12-21-16-11-9-8-10-15(16)20-17(21)13(4)19-18(22)14(6-2)7-3/h8-11,13-14H,5-7,12H2,1-4H3,(H,19,22). The first-order chi connectivity index (χ1) is 10.6. The van der Waals surface area contributed by atoms with Gasteiger partial charge in [-0.25, -0.2) is 4.98 Å². The van der Waals surface area contributed by atoms with Gasteiger partial charge >= 0.3 is 0 Å². The molecule has 1 heterocycles. The fourth-order valence-corrected chi connectivity index (χ4v) is 2.94. The molecule has 22 heavy (non-hydrogen) atoms. The summed E-state index contributed by atoms with van der Waals surface area (Å²) in [7, 11) is 0. The minimum absolute atomic E-state index is 0.0768. The van der Waals surface area contributed by atoms with Crippen molar-refractivity contribution in [3.63, 3.8) is 0 Å². The first kappa shape index (κ1) is 16.5. The summed E-state index contributed by atoms with van der Waals surface area (Å²) >= 11 is 0. The Morgan fingerprint density at radius 3 is 2.55 bits per heavy atom. The normalized spacial score (nSPS) is 12.8. The minimum Gasteiger partial charge on any atom is -0.346 e. The van der Waals surface area contributed by atoms with Crippen molar-refractivity contribution >= 4 is 16.9 Å². The van der Waals surface area contributed by atoms with Crippen LogP contribution in [0.15, 0.2) is 24.3 Å². The van der Waals surface area contributed by atoms with Gasteiger partial charge in [0.1, 0.15) is 5.82 Å². The van der Waals surface area contributed by atoms with E-state index in [0.717, 1.165) is 42.7 Å². The van der Waals surface area contributed by atoms with Crippen molar-refractivity contribution in [3.8, 4) is 0 Å². The van der Waals surface area contributed by atoms with Crippen LogP contribution in [0.1, 0.15) is 58.8 Å². The Labute approximate surface area is 132 Å². The molecule has 0 aliphatic rings. The molecule has 0 aliphatic heterocycles. The number of hydrogen-bond donors (Lipinski definition) is 1. The number of fused-ring (bicyclic) bond motifs is 1. The van der Waals surface area contributed by atoms with E-state index >= 15 is 0 Å². The number of imidazole rings is 1. The molecule has 2 aromatic rings. The van der Waals surface area contributed by atoms with Crippen LogP contribution < -0.4 is 5.32 Å². The predicted molar refractivity (Wildman–Crippen MR) is 90.7 cm³/mol. The van der Waals surface area contributed by atoms with E-state index in [9.17, 15) is 4.79 Å². The molecule has 0 aliphatic carbocycles. The summed E-state index contributed by atoms with van der Waals surface area (Å²) in [6.07, 6.45) is 2.79. The van der Waals surface area contributed by atoms with Crippen molar-refractivity contribution in [3.05, 3.63) is 30.1 Å². The highest BCUT2D eigenvalue weighted by atomic mass is 16.1. The quantitative estimate of drug-likeness (QED) is 0.838. The van der Waals surface area contributed by atoms with Crippen LogP contribution in [-0.2, 0) is 11.3 Å². The number of rotatable bonds is 7. The molecule has 0 radical (unpaired) electrons. The first-order valence-electron chi connectivity index (χ1n) is 8.37. The average Bonchev–Trinajstić information content (AvgIpc) is 2.88. The number of para-hydroxylation sites is 2. The molecule has 1 atom stereocenters. The Kier molecular flexibility index (Phi) is 5.58. The zero-order valence-corrected chi connectivity index (χ0v) is 14.1. The molecule has 0 fully saturated rings. The third kappa shape index (κ3) is 3.32. The van der Waals surface area contributed by atoms with Gasteiger partial charge in [-0.1, -0.05) is 32.9 Å². The lowest BCUT2D eigenvalue weighted by atomic mass is 10.0. The van der Waals surface area contributed by atoms with Crippen molar-refractivity contribution in [1.29, 1.82) is 0 Å². The number of carbonyl (C=O) groups is 1. The van der Waals surface area contributed by atoms with Crippen molar-refractivity contribution in [2.45, 2.75) is 59.5 Å². The lowest BCUT2D eigenvalue weighted by Gasteiger charge is -2.19. The number of aryl methyl sites for hydroxylation is 1.